The Labute approximate surface area is 108 Å². The molecule has 0 aliphatic heterocycles. The van der Waals surface area contributed by atoms with Crippen molar-refractivity contribution in [3.8, 4) is 0 Å². The van der Waals surface area contributed by atoms with Crippen LogP contribution in [0.5, 0.6) is 0 Å². The molecule has 0 amide bonds. The zero-order chi connectivity index (χ0) is 13.9. The van der Waals surface area contributed by atoms with Crippen LogP contribution in [0.4, 0.5) is 0 Å². The van der Waals surface area contributed by atoms with Gasteiger partial charge in [0.1, 0.15) is 10.6 Å². The van der Waals surface area contributed by atoms with E-state index >= 15 is 0 Å². The highest BCUT2D eigenvalue weighted by Crippen LogP contribution is 2.19. The van der Waals surface area contributed by atoms with Crippen molar-refractivity contribution in [1.82, 2.24) is 14.9 Å². The molecule has 0 bridgehead atoms. The van der Waals surface area contributed by atoms with Crippen molar-refractivity contribution < 1.29 is 13.5 Å². The van der Waals surface area contributed by atoms with Gasteiger partial charge in [-0.1, -0.05) is 20.8 Å². The zero-order valence-corrected chi connectivity index (χ0v) is 12.0. The Bertz CT molecular complexity index is 494. The van der Waals surface area contributed by atoms with Gasteiger partial charge in [0.15, 0.2) is 0 Å². The minimum Gasteiger partial charge on any atom is -0.390 e. The van der Waals surface area contributed by atoms with Crippen molar-refractivity contribution in [3.63, 3.8) is 0 Å². The maximum atomic E-state index is 12.3. The summed E-state index contributed by atoms with van der Waals surface area (Å²) in [6.45, 7) is 7.08. The Morgan fingerprint density at radius 3 is 2.50 bits per heavy atom. The largest absolute Gasteiger partial charge is 0.390 e. The van der Waals surface area contributed by atoms with Gasteiger partial charge in [-0.15, -0.1) is 0 Å². The lowest BCUT2D eigenvalue weighted by atomic mass is 10.0. The molecule has 1 aromatic heterocycles. The molecule has 0 spiro atoms. The summed E-state index contributed by atoms with van der Waals surface area (Å²) >= 11 is 0. The van der Waals surface area contributed by atoms with E-state index in [4.69, 9.17) is 5.11 Å². The summed E-state index contributed by atoms with van der Waals surface area (Å²) in [5.41, 5.74) is 0.587. The lowest BCUT2D eigenvalue weighted by Gasteiger charge is -2.20. The number of aromatic amines is 1. The van der Waals surface area contributed by atoms with Gasteiger partial charge in [-0.25, -0.2) is 13.1 Å². The third kappa shape index (κ3) is 3.09. The maximum Gasteiger partial charge on any atom is 0.244 e. The molecule has 0 aromatic carbocycles. The summed E-state index contributed by atoms with van der Waals surface area (Å²) in [5, 5.41) is 15.5. The van der Waals surface area contributed by atoms with Gasteiger partial charge in [0.05, 0.1) is 12.3 Å². The fraction of sp³-hybridized carbons (Fsp3) is 0.727. The van der Waals surface area contributed by atoms with Crippen LogP contribution in [0.3, 0.4) is 0 Å². The average molecular weight is 275 g/mol. The number of sulfonamides is 1. The molecular formula is C11H21N3O3S. The molecule has 7 heteroatoms. The number of rotatable bonds is 6. The molecule has 6 nitrogen and oxygen atoms in total. The third-order valence-electron chi connectivity index (χ3n) is 2.93. The molecule has 0 saturated carbocycles. The highest BCUT2D eigenvalue weighted by molar-refractivity contribution is 7.89. The molecule has 3 N–H and O–H groups in total. The number of aliphatic hydroxyl groups is 1. The molecule has 1 unspecified atom stereocenters. The predicted octanol–water partition coefficient (Wildman–Crippen LogP) is 0.923. The van der Waals surface area contributed by atoms with E-state index in [1.54, 1.807) is 6.92 Å². The van der Waals surface area contributed by atoms with Crippen LogP contribution in [0.15, 0.2) is 4.90 Å². The zero-order valence-electron chi connectivity index (χ0n) is 11.2. The first-order valence-corrected chi connectivity index (χ1v) is 7.48. The van der Waals surface area contributed by atoms with E-state index in [0.717, 1.165) is 0 Å². The summed E-state index contributed by atoms with van der Waals surface area (Å²) in [4.78, 5) is 0.0594. The number of hydrogen-bond donors (Lipinski definition) is 3. The molecule has 0 saturated heterocycles. The van der Waals surface area contributed by atoms with Gasteiger partial charge in [-0.2, -0.15) is 5.10 Å². The number of aryl methyl sites for hydroxylation is 1. The Balaban J connectivity index is 3.10. The van der Waals surface area contributed by atoms with Gasteiger partial charge in [0.25, 0.3) is 0 Å². The lowest BCUT2D eigenvalue weighted by Crippen LogP contribution is -2.38. The van der Waals surface area contributed by atoms with E-state index in [1.165, 1.54) is 0 Å². The van der Waals surface area contributed by atoms with Crippen LogP contribution in [0.2, 0.25) is 0 Å². The minimum absolute atomic E-state index is 0.0594. The lowest BCUT2D eigenvalue weighted by molar-refractivity contribution is 0.273. The molecule has 1 atom stereocenters. The van der Waals surface area contributed by atoms with Crippen LogP contribution < -0.4 is 4.72 Å². The van der Waals surface area contributed by atoms with Crippen molar-refractivity contribution in [2.24, 2.45) is 5.92 Å². The van der Waals surface area contributed by atoms with Crippen LogP contribution in [-0.4, -0.2) is 29.8 Å². The first-order chi connectivity index (χ1) is 8.33. The third-order valence-corrected chi connectivity index (χ3v) is 4.62. The van der Waals surface area contributed by atoms with Gasteiger partial charge in [-0.3, -0.25) is 5.10 Å². The molecule has 1 heterocycles. The molecule has 18 heavy (non-hydrogen) atoms. The first kappa shape index (κ1) is 15.1. The number of H-pyrrole nitrogens is 1. The number of hydrogen-bond acceptors (Lipinski definition) is 4. The smallest absolute Gasteiger partial charge is 0.244 e. The van der Waals surface area contributed by atoms with Crippen molar-refractivity contribution >= 4 is 10.0 Å². The van der Waals surface area contributed by atoms with Crippen LogP contribution in [0.25, 0.3) is 0 Å². The second-order valence-electron chi connectivity index (χ2n) is 4.66. The van der Waals surface area contributed by atoms with Gasteiger partial charge >= 0.3 is 0 Å². The summed E-state index contributed by atoms with van der Waals surface area (Å²) in [6.07, 6.45) is 0.711. The van der Waals surface area contributed by atoms with E-state index < -0.39 is 16.6 Å². The number of nitrogens with one attached hydrogen (secondary N) is 2. The van der Waals surface area contributed by atoms with Crippen LogP contribution >= 0.6 is 0 Å². The Morgan fingerprint density at radius 1 is 1.44 bits per heavy atom. The van der Waals surface area contributed by atoms with Gasteiger partial charge < -0.3 is 5.11 Å². The average Bonchev–Trinajstić information content (AvgIpc) is 2.67. The van der Waals surface area contributed by atoms with Crippen molar-refractivity contribution in [2.75, 3.05) is 0 Å². The fourth-order valence-corrected chi connectivity index (χ4v) is 3.71. The predicted molar refractivity (Wildman–Crippen MR) is 68.5 cm³/mol. The van der Waals surface area contributed by atoms with Crippen LogP contribution in [-0.2, 0) is 16.6 Å². The number of aromatic nitrogens is 2. The first-order valence-electron chi connectivity index (χ1n) is 6.00. The molecule has 0 radical (unpaired) electrons. The Morgan fingerprint density at radius 2 is 2.06 bits per heavy atom. The number of nitrogens with zero attached hydrogens (tertiary/aromatic N) is 1. The number of aliphatic hydroxyl groups excluding tert-OH is 1. The molecule has 104 valence electrons. The Kier molecular flexibility index (Phi) is 4.89. The highest BCUT2D eigenvalue weighted by atomic mass is 32.2. The molecule has 0 fully saturated rings. The summed E-state index contributed by atoms with van der Waals surface area (Å²) < 4.78 is 27.2. The molecule has 0 aliphatic rings. The van der Waals surface area contributed by atoms with E-state index in [0.29, 0.717) is 12.1 Å². The summed E-state index contributed by atoms with van der Waals surface area (Å²) in [6, 6.07) is -0.129. The SMILES string of the molecule is CCC(NS(=O)(=O)c1c(CO)n[nH]c1C)C(C)C. The van der Waals surface area contributed by atoms with Gasteiger partial charge in [0.2, 0.25) is 10.0 Å². The second kappa shape index (κ2) is 5.81. The Hall–Kier alpha value is -0.920. The van der Waals surface area contributed by atoms with Crippen LogP contribution in [0.1, 0.15) is 38.6 Å². The topological polar surface area (TPSA) is 95.1 Å². The van der Waals surface area contributed by atoms with Crippen molar-refractivity contribution in [2.45, 2.75) is 51.7 Å². The minimum atomic E-state index is -3.65. The monoisotopic (exact) mass is 275 g/mol. The van der Waals surface area contributed by atoms with E-state index in [2.05, 4.69) is 14.9 Å². The van der Waals surface area contributed by atoms with E-state index in [1.807, 2.05) is 20.8 Å². The molecule has 1 rings (SSSR count). The highest BCUT2D eigenvalue weighted by Gasteiger charge is 2.27. The molecule has 1 aromatic rings. The van der Waals surface area contributed by atoms with Gasteiger partial charge in [0, 0.05) is 6.04 Å². The maximum absolute atomic E-state index is 12.3. The van der Waals surface area contributed by atoms with E-state index in [9.17, 15) is 8.42 Å². The van der Waals surface area contributed by atoms with Crippen molar-refractivity contribution in [3.05, 3.63) is 11.4 Å². The summed E-state index contributed by atoms with van der Waals surface area (Å²) in [5.74, 6) is 0.203. The fourth-order valence-electron chi connectivity index (χ4n) is 1.88. The second-order valence-corrected chi connectivity index (χ2v) is 6.31. The van der Waals surface area contributed by atoms with Crippen molar-refractivity contribution in [1.29, 1.82) is 0 Å². The summed E-state index contributed by atoms with van der Waals surface area (Å²) in [7, 11) is -3.65. The van der Waals surface area contributed by atoms with Crippen LogP contribution in [0, 0.1) is 12.8 Å². The standard InChI is InChI=1S/C11H21N3O3S/c1-5-9(7(2)3)14-18(16,17)11-8(4)12-13-10(11)6-15/h7,9,14-15H,5-6H2,1-4H3,(H,12,13). The normalized spacial score (nSPS) is 14.1. The van der Waals surface area contributed by atoms with E-state index in [-0.39, 0.29) is 22.5 Å². The molecular weight excluding hydrogens is 254 g/mol. The quantitative estimate of drug-likeness (QED) is 0.719. The molecule has 0 aliphatic carbocycles. The van der Waals surface area contributed by atoms with Gasteiger partial charge in [-0.05, 0) is 19.3 Å².